The number of carbonyl (C=O) groups is 2. The van der Waals surface area contributed by atoms with Gasteiger partial charge in [-0.3, -0.25) is 20.4 Å². The topological polar surface area (TPSA) is 78.4 Å². The lowest BCUT2D eigenvalue weighted by Crippen LogP contribution is -2.46. The van der Waals surface area contributed by atoms with Crippen molar-refractivity contribution in [1.29, 1.82) is 0 Å². The molecular weight excluding hydrogens is 244 g/mol. The van der Waals surface area contributed by atoms with Gasteiger partial charge in [0, 0.05) is 6.42 Å². The second-order valence-electron chi connectivity index (χ2n) is 6.80. The predicted molar refractivity (Wildman–Crippen MR) is 73.0 cm³/mol. The zero-order chi connectivity index (χ0) is 14.5. The van der Waals surface area contributed by atoms with Crippen molar-refractivity contribution in [2.24, 2.45) is 5.41 Å². The maximum atomic E-state index is 11.7. The summed E-state index contributed by atoms with van der Waals surface area (Å²) in [5.74, 6) is -0.539. The Labute approximate surface area is 115 Å². The van der Waals surface area contributed by atoms with Crippen molar-refractivity contribution >= 4 is 11.8 Å². The number of nitrogens with one attached hydrogen (secondary N) is 2. The van der Waals surface area contributed by atoms with E-state index in [1.807, 2.05) is 20.8 Å². The number of carbonyl (C=O) groups excluding carboxylic acids is 2. The highest BCUT2D eigenvalue weighted by molar-refractivity contribution is 5.82. The van der Waals surface area contributed by atoms with Crippen molar-refractivity contribution in [3.05, 3.63) is 0 Å². The summed E-state index contributed by atoms with van der Waals surface area (Å²) in [5.41, 5.74) is 3.77. The van der Waals surface area contributed by atoms with Crippen LogP contribution < -0.4 is 10.9 Å². The summed E-state index contributed by atoms with van der Waals surface area (Å²) < 4.78 is 0. The normalized spacial score (nSPS) is 18.7. The van der Waals surface area contributed by atoms with E-state index in [9.17, 15) is 14.7 Å². The van der Waals surface area contributed by atoms with Crippen LogP contribution in [-0.2, 0) is 9.59 Å². The number of amides is 2. The first kappa shape index (κ1) is 16.0. The average molecular weight is 270 g/mol. The third-order valence-corrected chi connectivity index (χ3v) is 3.31. The molecule has 0 bridgehead atoms. The van der Waals surface area contributed by atoms with Gasteiger partial charge in [0.2, 0.25) is 11.8 Å². The number of rotatable bonds is 3. The van der Waals surface area contributed by atoms with Crippen molar-refractivity contribution in [2.75, 3.05) is 0 Å². The van der Waals surface area contributed by atoms with Gasteiger partial charge in [-0.05, 0) is 18.3 Å². The Balaban J connectivity index is 2.29. The van der Waals surface area contributed by atoms with Gasteiger partial charge in [0.25, 0.3) is 0 Å². The summed E-state index contributed by atoms with van der Waals surface area (Å²) in [7, 11) is 0. The smallest absolute Gasteiger partial charge is 0.241 e. The Morgan fingerprint density at radius 3 is 2.11 bits per heavy atom. The fraction of sp³-hybridized carbons (Fsp3) is 0.857. The van der Waals surface area contributed by atoms with Gasteiger partial charge in [-0.25, -0.2) is 0 Å². The predicted octanol–water partition coefficient (Wildman–Crippen LogP) is 1.66. The molecule has 110 valence electrons. The first-order chi connectivity index (χ1) is 8.70. The van der Waals surface area contributed by atoms with Crippen LogP contribution in [0, 0.1) is 5.41 Å². The molecule has 1 rings (SSSR count). The Hall–Kier alpha value is -1.10. The summed E-state index contributed by atoms with van der Waals surface area (Å²) in [5, 5.41) is 10.2. The molecule has 0 saturated heterocycles. The van der Waals surface area contributed by atoms with Crippen molar-refractivity contribution in [3.63, 3.8) is 0 Å². The molecule has 1 aliphatic rings. The van der Waals surface area contributed by atoms with E-state index in [0.29, 0.717) is 19.3 Å². The maximum absolute atomic E-state index is 11.7. The highest BCUT2D eigenvalue weighted by Crippen LogP contribution is 2.30. The number of aliphatic hydroxyl groups is 1. The first-order valence-electron chi connectivity index (χ1n) is 7.00. The molecule has 2 amide bonds. The number of hydrazine groups is 1. The molecule has 5 nitrogen and oxygen atoms in total. The van der Waals surface area contributed by atoms with E-state index in [1.54, 1.807) is 0 Å². The molecule has 1 aliphatic carbocycles. The molecule has 1 saturated carbocycles. The van der Waals surface area contributed by atoms with Crippen LogP contribution in [0.3, 0.4) is 0 Å². The fourth-order valence-electron chi connectivity index (χ4n) is 2.40. The minimum atomic E-state index is -0.892. The minimum absolute atomic E-state index is 0.0583. The minimum Gasteiger partial charge on any atom is -0.389 e. The molecule has 0 spiro atoms. The zero-order valence-electron chi connectivity index (χ0n) is 12.2. The highest BCUT2D eigenvalue weighted by atomic mass is 16.3. The molecule has 19 heavy (non-hydrogen) atoms. The quantitative estimate of drug-likeness (QED) is 0.682. The first-order valence-corrected chi connectivity index (χ1v) is 7.00. The highest BCUT2D eigenvalue weighted by Gasteiger charge is 2.31. The zero-order valence-corrected chi connectivity index (χ0v) is 12.2. The molecule has 5 heteroatoms. The molecule has 0 aromatic rings. The van der Waals surface area contributed by atoms with Gasteiger partial charge in [-0.2, -0.15) is 0 Å². The van der Waals surface area contributed by atoms with E-state index in [-0.39, 0.29) is 23.7 Å². The second kappa shape index (κ2) is 6.37. The van der Waals surface area contributed by atoms with Crippen LogP contribution in [0.4, 0.5) is 0 Å². The molecule has 0 heterocycles. The summed E-state index contributed by atoms with van der Waals surface area (Å²) in [6.07, 6.45) is 4.76. The van der Waals surface area contributed by atoms with E-state index in [1.165, 1.54) is 0 Å². The van der Waals surface area contributed by atoms with Gasteiger partial charge in [-0.1, -0.05) is 40.0 Å². The van der Waals surface area contributed by atoms with Gasteiger partial charge in [0.1, 0.15) is 0 Å². The molecule has 1 fully saturated rings. The van der Waals surface area contributed by atoms with Crippen LogP contribution in [-0.4, -0.2) is 22.5 Å². The molecule has 3 N–H and O–H groups in total. The van der Waals surface area contributed by atoms with Gasteiger partial charge < -0.3 is 5.11 Å². The van der Waals surface area contributed by atoms with Crippen molar-refractivity contribution in [3.8, 4) is 0 Å². The standard InChI is InChI=1S/C14H26N2O3/c1-13(2,3)9-11(17)15-16-12(18)10-14(19)7-5-4-6-8-14/h19H,4-10H2,1-3H3,(H,15,17)(H,16,18). The van der Waals surface area contributed by atoms with Gasteiger partial charge >= 0.3 is 0 Å². The number of hydrogen-bond donors (Lipinski definition) is 3. The van der Waals surface area contributed by atoms with Crippen molar-refractivity contribution in [2.45, 2.75) is 71.3 Å². The summed E-state index contributed by atoms with van der Waals surface area (Å²) >= 11 is 0. The summed E-state index contributed by atoms with van der Waals surface area (Å²) in [6, 6.07) is 0. The largest absolute Gasteiger partial charge is 0.389 e. The van der Waals surface area contributed by atoms with Crippen LogP contribution in [0.2, 0.25) is 0 Å². The fourth-order valence-corrected chi connectivity index (χ4v) is 2.40. The van der Waals surface area contributed by atoms with Crippen molar-refractivity contribution < 1.29 is 14.7 Å². The van der Waals surface area contributed by atoms with E-state index in [4.69, 9.17) is 0 Å². The summed E-state index contributed by atoms with van der Waals surface area (Å²) in [6.45, 7) is 5.87. The van der Waals surface area contributed by atoms with Gasteiger partial charge in [0.15, 0.2) is 0 Å². The van der Waals surface area contributed by atoms with Crippen molar-refractivity contribution in [1.82, 2.24) is 10.9 Å². The van der Waals surface area contributed by atoms with Gasteiger partial charge in [0.05, 0.1) is 12.0 Å². The SMILES string of the molecule is CC(C)(C)CC(=O)NNC(=O)CC1(O)CCCCC1. The maximum Gasteiger partial charge on any atom is 0.241 e. The Morgan fingerprint density at radius 1 is 1.05 bits per heavy atom. The van der Waals surface area contributed by atoms with Crippen LogP contribution in [0.25, 0.3) is 0 Å². The Bertz CT molecular complexity index is 328. The van der Waals surface area contributed by atoms with E-state index < -0.39 is 5.60 Å². The molecular formula is C14H26N2O3. The van der Waals surface area contributed by atoms with E-state index in [2.05, 4.69) is 10.9 Å². The van der Waals surface area contributed by atoms with E-state index in [0.717, 1.165) is 19.3 Å². The van der Waals surface area contributed by atoms with E-state index >= 15 is 0 Å². The van der Waals surface area contributed by atoms with Crippen LogP contribution in [0.15, 0.2) is 0 Å². The van der Waals surface area contributed by atoms with Gasteiger partial charge in [-0.15, -0.1) is 0 Å². The lowest BCUT2D eigenvalue weighted by Gasteiger charge is -2.31. The lowest BCUT2D eigenvalue weighted by atomic mass is 9.82. The molecule has 0 aliphatic heterocycles. The number of hydrogen-bond acceptors (Lipinski definition) is 3. The average Bonchev–Trinajstić information content (AvgIpc) is 2.24. The Morgan fingerprint density at radius 2 is 1.58 bits per heavy atom. The molecule has 0 unspecified atom stereocenters. The molecule has 0 aromatic heterocycles. The third-order valence-electron chi connectivity index (χ3n) is 3.31. The lowest BCUT2D eigenvalue weighted by molar-refractivity contribution is -0.133. The molecule has 0 aromatic carbocycles. The van der Waals surface area contributed by atoms with Crippen LogP contribution in [0.5, 0.6) is 0 Å². The summed E-state index contributed by atoms with van der Waals surface area (Å²) in [4.78, 5) is 23.2. The molecule has 0 radical (unpaired) electrons. The second-order valence-corrected chi connectivity index (χ2v) is 6.80. The van der Waals surface area contributed by atoms with Crippen LogP contribution in [0.1, 0.15) is 65.7 Å². The Kier molecular flexibility index (Phi) is 5.35. The van der Waals surface area contributed by atoms with Crippen LogP contribution >= 0.6 is 0 Å². The third kappa shape index (κ3) is 6.57. The molecule has 0 atom stereocenters. The monoisotopic (exact) mass is 270 g/mol.